The first-order valence-corrected chi connectivity index (χ1v) is 15.4. The molecule has 43 heavy (non-hydrogen) atoms. The second-order valence-corrected chi connectivity index (χ2v) is 12.6. The average molecular weight is 625 g/mol. The zero-order valence-corrected chi connectivity index (χ0v) is 23.9. The third-order valence-corrected chi connectivity index (χ3v) is 8.54. The third-order valence-electron chi connectivity index (χ3n) is 6.82. The molecular formula is C27H31F3N6O6S. The van der Waals surface area contributed by atoms with Crippen LogP contribution in [0.2, 0.25) is 0 Å². The molecule has 2 aromatic heterocycles. The number of pyridine rings is 1. The van der Waals surface area contributed by atoms with Crippen LogP contribution in [-0.4, -0.2) is 57.7 Å². The predicted molar refractivity (Wildman–Crippen MR) is 149 cm³/mol. The minimum absolute atomic E-state index is 0.00675. The van der Waals surface area contributed by atoms with Crippen LogP contribution in [0.1, 0.15) is 48.2 Å². The number of ether oxygens (including phenoxy) is 1. The van der Waals surface area contributed by atoms with E-state index in [9.17, 15) is 36.0 Å². The number of aromatic nitrogens is 4. The van der Waals surface area contributed by atoms with Crippen molar-refractivity contribution in [3.8, 4) is 5.75 Å². The topological polar surface area (TPSA) is 154 Å². The normalized spacial score (nSPS) is 15.1. The van der Waals surface area contributed by atoms with Crippen molar-refractivity contribution in [3.63, 3.8) is 0 Å². The molecule has 12 nitrogen and oxygen atoms in total. The maximum Gasteiger partial charge on any atom is 0.573 e. The molecule has 232 valence electrons. The maximum absolute atomic E-state index is 12.5. The predicted octanol–water partition coefficient (Wildman–Crippen LogP) is 2.90. The highest BCUT2D eigenvalue weighted by atomic mass is 32.2. The monoisotopic (exact) mass is 624 g/mol. The second kappa shape index (κ2) is 13.8. The summed E-state index contributed by atoms with van der Waals surface area (Å²) in [6, 6.07) is 8.24. The Labute approximate surface area is 245 Å². The highest BCUT2D eigenvalue weighted by Crippen LogP contribution is 2.24. The quantitative estimate of drug-likeness (QED) is 0.292. The van der Waals surface area contributed by atoms with E-state index in [1.54, 1.807) is 18.3 Å². The maximum atomic E-state index is 12.5. The summed E-state index contributed by atoms with van der Waals surface area (Å²) in [7, 11) is -2.99. The number of aryl methyl sites for hydroxylation is 2. The van der Waals surface area contributed by atoms with Crippen molar-refractivity contribution in [2.45, 2.75) is 58.1 Å². The molecule has 16 heteroatoms. The molecule has 0 atom stereocenters. The molecular weight excluding hydrogens is 593 g/mol. The van der Waals surface area contributed by atoms with Gasteiger partial charge in [-0.2, -0.15) is 0 Å². The number of halogens is 3. The number of hydrogen-bond acceptors (Lipinski definition) is 8. The lowest BCUT2D eigenvalue weighted by Crippen LogP contribution is -2.27. The van der Waals surface area contributed by atoms with Gasteiger partial charge in [0.15, 0.2) is 5.69 Å². The van der Waals surface area contributed by atoms with Crippen LogP contribution in [0, 0.1) is 5.92 Å². The van der Waals surface area contributed by atoms with Gasteiger partial charge in [0, 0.05) is 44.0 Å². The Kier molecular flexibility index (Phi) is 10.2. The van der Waals surface area contributed by atoms with Crippen LogP contribution < -0.4 is 20.9 Å². The standard InChI is InChI=1S/C27H31F3N6O6S/c28-27(29,30)42-22-5-3-4-20(14-22)17-31-26(39)23-18-36(34-33-23)10-2-1-9-35-11-6-21(16-25(35)38)32-24(37)15-19-7-12-43(40,41)13-8-19/h3-6,11,14,16,18-19H,1-2,7-10,12-13,15,17H2,(H,31,39)(H,32,37). The van der Waals surface area contributed by atoms with Gasteiger partial charge in [-0.3, -0.25) is 19.1 Å². The largest absolute Gasteiger partial charge is 0.573 e. The van der Waals surface area contributed by atoms with Gasteiger partial charge in [0.25, 0.3) is 11.5 Å². The first-order valence-electron chi connectivity index (χ1n) is 13.6. The number of nitrogens with zero attached hydrogens (tertiary/aromatic N) is 4. The van der Waals surface area contributed by atoms with E-state index in [4.69, 9.17) is 0 Å². The fourth-order valence-electron chi connectivity index (χ4n) is 4.58. The minimum Gasteiger partial charge on any atom is -0.406 e. The van der Waals surface area contributed by atoms with Crippen LogP contribution in [0.25, 0.3) is 0 Å². The van der Waals surface area contributed by atoms with Gasteiger partial charge < -0.3 is 19.9 Å². The molecule has 1 aromatic carbocycles. The number of alkyl halides is 3. The van der Waals surface area contributed by atoms with Gasteiger partial charge in [-0.05, 0) is 55.4 Å². The number of unbranched alkanes of at least 4 members (excludes halogenated alkanes) is 1. The number of hydrogen-bond donors (Lipinski definition) is 2. The van der Waals surface area contributed by atoms with Crippen molar-refractivity contribution in [3.05, 3.63) is 70.4 Å². The van der Waals surface area contributed by atoms with Gasteiger partial charge in [-0.25, -0.2) is 8.42 Å². The number of anilines is 1. The smallest absolute Gasteiger partial charge is 0.406 e. The summed E-state index contributed by atoms with van der Waals surface area (Å²) in [5.74, 6) is -0.986. The Morgan fingerprint density at radius 2 is 1.81 bits per heavy atom. The van der Waals surface area contributed by atoms with Crippen LogP contribution in [-0.2, 0) is 34.3 Å². The van der Waals surface area contributed by atoms with Crippen LogP contribution >= 0.6 is 0 Å². The molecule has 0 aliphatic carbocycles. The van der Waals surface area contributed by atoms with Crippen molar-refractivity contribution in [2.75, 3.05) is 16.8 Å². The number of amides is 2. The van der Waals surface area contributed by atoms with E-state index < -0.39 is 22.1 Å². The molecule has 3 heterocycles. The highest BCUT2D eigenvalue weighted by molar-refractivity contribution is 7.91. The van der Waals surface area contributed by atoms with E-state index in [1.165, 1.54) is 33.6 Å². The van der Waals surface area contributed by atoms with Crippen molar-refractivity contribution in [1.82, 2.24) is 24.9 Å². The summed E-state index contributed by atoms with van der Waals surface area (Å²) in [6.45, 7) is 0.816. The van der Waals surface area contributed by atoms with Gasteiger partial charge in [0.2, 0.25) is 5.91 Å². The molecule has 2 N–H and O–H groups in total. The number of carbonyl (C=O) groups is 2. The minimum atomic E-state index is -4.81. The van der Waals surface area contributed by atoms with Crippen LogP contribution in [0.4, 0.5) is 18.9 Å². The van der Waals surface area contributed by atoms with Crippen molar-refractivity contribution < 1.29 is 35.9 Å². The summed E-state index contributed by atoms with van der Waals surface area (Å²) >= 11 is 0. The van der Waals surface area contributed by atoms with E-state index in [0.29, 0.717) is 50.0 Å². The second-order valence-electron chi connectivity index (χ2n) is 10.2. The van der Waals surface area contributed by atoms with E-state index in [0.717, 1.165) is 6.07 Å². The molecule has 3 aromatic rings. The lowest BCUT2D eigenvalue weighted by atomic mass is 9.98. The van der Waals surface area contributed by atoms with Crippen molar-refractivity contribution in [1.29, 1.82) is 0 Å². The summed E-state index contributed by atoms with van der Waals surface area (Å²) < 4.78 is 67.2. The summed E-state index contributed by atoms with van der Waals surface area (Å²) in [5.41, 5.74) is 0.555. The molecule has 1 fully saturated rings. The van der Waals surface area contributed by atoms with Gasteiger partial charge in [0.1, 0.15) is 15.6 Å². The third kappa shape index (κ3) is 10.2. The fraction of sp³-hybridized carbons (Fsp3) is 0.444. The molecule has 0 radical (unpaired) electrons. The Morgan fingerprint density at radius 3 is 2.53 bits per heavy atom. The summed E-state index contributed by atoms with van der Waals surface area (Å²) in [5, 5.41) is 13.0. The molecule has 0 saturated carbocycles. The Hall–Kier alpha value is -4.21. The van der Waals surface area contributed by atoms with Gasteiger partial charge in [-0.1, -0.05) is 17.3 Å². The molecule has 2 amide bonds. The van der Waals surface area contributed by atoms with E-state index in [1.807, 2.05) is 0 Å². The molecule has 0 bridgehead atoms. The van der Waals surface area contributed by atoms with Gasteiger partial charge in [0.05, 0.1) is 17.7 Å². The summed E-state index contributed by atoms with van der Waals surface area (Å²) in [6.07, 6.45) is 0.603. The zero-order valence-electron chi connectivity index (χ0n) is 23.0. The van der Waals surface area contributed by atoms with E-state index >= 15 is 0 Å². The zero-order chi connectivity index (χ0) is 31.0. The van der Waals surface area contributed by atoms with Gasteiger partial charge in [-0.15, -0.1) is 18.3 Å². The van der Waals surface area contributed by atoms with Crippen molar-refractivity contribution in [2.24, 2.45) is 5.92 Å². The van der Waals surface area contributed by atoms with Crippen molar-refractivity contribution >= 4 is 27.3 Å². The molecule has 0 spiro atoms. The molecule has 4 rings (SSSR count). The molecule has 1 aliphatic heterocycles. The number of carbonyl (C=O) groups excluding carboxylic acids is 2. The SMILES string of the molecule is O=C(CC1CCS(=O)(=O)CC1)Nc1ccn(CCCCn2cc(C(=O)NCc3cccc(OC(F)(F)F)c3)nn2)c(=O)c1. The lowest BCUT2D eigenvalue weighted by molar-refractivity contribution is -0.274. The lowest BCUT2D eigenvalue weighted by Gasteiger charge is -2.21. The average Bonchev–Trinajstić information content (AvgIpc) is 3.40. The van der Waals surface area contributed by atoms with E-state index in [2.05, 4.69) is 25.7 Å². The van der Waals surface area contributed by atoms with Crippen LogP contribution in [0.15, 0.2) is 53.6 Å². The fourth-order valence-corrected chi connectivity index (χ4v) is 6.17. The van der Waals surface area contributed by atoms with Gasteiger partial charge >= 0.3 is 6.36 Å². The molecule has 0 unspecified atom stereocenters. The number of sulfone groups is 1. The molecule has 1 aliphatic rings. The first-order chi connectivity index (χ1) is 20.3. The number of nitrogens with one attached hydrogen (secondary N) is 2. The number of rotatable bonds is 12. The Morgan fingerprint density at radius 1 is 1.07 bits per heavy atom. The van der Waals surface area contributed by atoms with Crippen LogP contribution in [0.3, 0.4) is 0 Å². The molecule has 1 saturated heterocycles. The summed E-state index contributed by atoms with van der Waals surface area (Å²) in [4.78, 5) is 37.2. The Bertz CT molecular complexity index is 1590. The van der Waals surface area contributed by atoms with E-state index in [-0.39, 0.29) is 53.3 Å². The Balaban J connectivity index is 1.17. The first kappa shape index (κ1) is 31.7. The number of benzene rings is 1. The van der Waals surface area contributed by atoms with Crippen LogP contribution in [0.5, 0.6) is 5.75 Å². The highest BCUT2D eigenvalue weighted by Gasteiger charge is 2.31.